The third-order valence-corrected chi connectivity index (χ3v) is 11.0. The van der Waals surface area contributed by atoms with Gasteiger partial charge in [0, 0.05) is 5.54 Å². The van der Waals surface area contributed by atoms with Crippen molar-refractivity contribution in [2.24, 2.45) is 16.7 Å². The maximum absolute atomic E-state index is 13.5. The highest BCUT2D eigenvalue weighted by Crippen LogP contribution is 2.67. The number of pyridine rings is 1. The summed E-state index contributed by atoms with van der Waals surface area (Å²) < 4.78 is 29.7. The van der Waals surface area contributed by atoms with Gasteiger partial charge in [0.05, 0.1) is 20.8 Å². The van der Waals surface area contributed by atoms with Gasteiger partial charge in [-0.3, -0.25) is 0 Å². The average molecular weight is 493 g/mol. The van der Waals surface area contributed by atoms with Crippen LogP contribution in [0.2, 0.25) is 0 Å². The van der Waals surface area contributed by atoms with Gasteiger partial charge >= 0.3 is 0 Å². The predicted octanol–water partition coefficient (Wildman–Crippen LogP) is 5.94. The van der Waals surface area contributed by atoms with Crippen LogP contribution in [-0.4, -0.2) is 28.8 Å². The van der Waals surface area contributed by atoms with E-state index in [-0.39, 0.29) is 15.5 Å². The summed E-state index contributed by atoms with van der Waals surface area (Å²) in [5, 5.41) is 14.5. The van der Waals surface area contributed by atoms with E-state index in [0.717, 1.165) is 21.8 Å². The molecule has 4 bridgehead atoms. The van der Waals surface area contributed by atoms with Crippen LogP contribution in [0.1, 0.15) is 52.4 Å². The first-order valence-electron chi connectivity index (χ1n) is 12.0. The van der Waals surface area contributed by atoms with E-state index in [2.05, 4.69) is 29.5 Å². The molecule has 1 aromatic carbocycles. The zero-order valence-electron chi connectivity index (χ0n) is 19.4. The van der Waals surface area contributed by atoms with Crippen LogP contribution in [0.25, 0.3) is 15.7 Å². The summed E-state index contributed by atoms with van der Waals surface area (Å²) in [6, 6.07) is 12.5. The van der Waals surface area contributed by atoms with Gasteiger partial charge in [0.1, 0.15) is 5.52 Å². The van der Waals surface area contributed by atoms with Crippen molar-refractivity contribution in [3.63, 3.8) is 0 Å². The fraction of sp³-hybridized carbons (Fsp3) is 0.462. The summed E-state index contributed by atoms with van der Waals surface area (Å²) in [4.78, 5) is 0.235. The van der Waals surface area contributed by atoms with Crippen molar-refractivity contribution in [2.75, 3.05) is 5.32 Å². The Labute approximate surface area is 203 Å². The second-order valence-electron chi connectivity index (χ2n) is 11.7. The number of anilines is 1. The Bertz CT molecular complexity index is 1540. The molecule has 3 aromatic heterocycles. The standard InChI is InChI=1S/C26H28N4O2S2/c1-24-11-17-12-25(2,14-24)16-26(13-17,15-24)27-19-10-21-23(34(31,32)18-6-4-3-5-7-18)28-29-30(21)20-8-9-33-22(19)20/h3-10,17,27H,11-16H2,1-2H3. The molecule has 8 heteroatoms. The lowest BCUT2D eigenvalue weighted by Gasteiger charge is -2.65. The number of fused-ring (bicyclic) bond motifs is 3. The highest BCUT2D eigenvalue weighted by Gasteiger charge is 2.60. The molecule has 0 radical (unpaired) electrons. The smallest absolute Gasteiger partial charge is 0.227 e. The van der Waals surface area contributed by atoms with Crippen LogP contribution in [0.3, 0.4) is 0 Å². The lowest BCUT2D eigenvalue weighted by Crippen LogP contribution is -2.61. The first kappa shape index (κ1) is 20.9. The van der Waals surface area contributed by atoms with E-state index in [0.29, 0.717) is 16.3 Å². The molecule has 2 atom stereocenters. The van der Waals surface area contributed by atoms with Gasteiger partial charge in [-0.05, 0) is 84.9 Å². The van der Waals surface area contributed by atoms with Crippen molar-refractivity contribution in [3.8, 4) is 0 Å². The van der Waals surface area contributed by atoms with Crippen LogP contribution >= 0.6 is 11.3 Å². The first-order valence-corrected chi connectivity index (χ1v) is 14.4. The van der Waals surface area contributed by atoms with Gasteiger partial charge in [-0.2, -0.15) is 0 Å². The SMILES string of the molecule is CC12CC3CC(C)(C1)CC(Nc1cc4c(S(=O)(=O)c5ccccc5)nnn4c4ccsc14)(C3)C2. The lowest BCUT2D eigenvalue weighted by atomic mass is 9.43. The van der Waals surface area contributed by atoms with Crippen molar-refractivity contribution in [2.45, 2.75) is 67.8 Å². The fourth-order valence-corrected chi connectivity index (χ4v) is 10.5. The second kappa shape index (κ2) is 6.61. The fourth-order valence-electron chi connectivity index (χ4n) is 8.32. The normalized spacial score (nSPS) is 32.6. The molecule has 4 fully saturated rings. The van der Waals surface area contributed by atoms with Gasteiger partial charge in [0.25, 0.3) is 0 Å². The maximum Gasteiger partial charge on any atom is 0.227 e. The van der Waals surface area contributed by atoms with Crippen molar-refractivity contribution < 1.29 is 8.42 Å². The Hall–Kier alpha value is -2.45. The molecular formula is C26H28N4O2S2. The number of hydrogen-bond acceptors (Lipinski definition) is 6. The Kier molecular flexibility index (Phi) is 4.06. The maximum atomic E-state index is 13.5. The summed E-state index contributed by atoms with van der Waals surface area (Å²) in [5.41, 5.74) is 3.27. The van der Waals surface area contributed by atoms with Crippen LogP contribution in [0.4, 0.5) is 5.69 Å². The molecule has 0 amide bonds. The molecule has 4 aliphatic rings. The van der Waals surface area contributed by atoms with E-state index in [4.69, 9.17) is 0 Å². The van der Waals surface area contributed by atoms with Crippen molar-refractivity contribution in [3.05, 3.63) is 47.8 Å². The molecule has 34 heavy (non-hydrogen) atoms. The molecule has 0 spiro atoms. The van der Waals surface area contributed by atoms with Crippen LogP contribution < -0.4 is 5.32 Å². The molecule has 2 unspecified atom stereocenters. The molecule has 8 rings (SSSR count). The number of nitrogens with zero attached hydrogens (tertiary/aromatic N) is 3. The number of sulfone groups is 1. The largest absolute Gasteiger partial charge is 0.378 e. The lowest BCUT2D eigenvalue weighted by molar-refractivity contribution is -0.0972. The molecule has 3 heterocycles. The Morgan fingerprint density at radius 1 is 1.00 bits per heavy atom. The van der Waals surface area contributed by atoms with Gasteiger partial charge in [0.15, 0.2) is 0 Å². The van der Waals surface area contributed by atoms with Gasteiger partial charge in [-0.1, -0.05) is 37.3 Å². The summed E-state index contributed by atoms with van der Waals surface area (Å²) >= 11 is 1.67. The molecule has 4 aliphatic carbocycles. The van der Waals surface area contributed by atoms with E-state index in [9.17, 15) is 8.42 Å². The number of rotatable bonds is 4. The Morgan fingerprint density at radius 2 is 1.74 bits per heavy atom. The summed E-state index contributed by atoms with van der Waals surface area (Å²) in [6.07, 6.45) is 7.55. The quantitative estimate of drug-likeness (QED) is 0.382. The molecule has 176 valence electrons. The van der Waals surface area contributed by atoms with Crippen LogP contribution in [0, 0.1) is 16.7 Å². The van der Waals surface area contributed by atoms with Crippen LogP contribution in [0.5, 0.6) is 0 Å². The van der Waals surface area contributed by atoms with E-state index < -0.39 is 9.84 Å². The Morgan fingerprint density at radius 3 is 2.44 bits per heavy atom. The first-order chi connectivity index (χ1) is 16.2. The molecule has 4 saturated carbocycles. The molecule has 0 aliphatic heterocycles. The van der Waals surface area contributed by atoms with Gasteiger partial charge < -0.3 is 5.32 Å². The van der Waals surface area contributed by atoms with E-state index >= 15 is 0 Å². The number of hydrogen-bond donors (Lipinski definition) is 1. The monoisotopic (exact) mass is 492 g/mol. The minimum absolute atomic E-state index is 0.0132. The number of nitrogens with one attached hydrogen (secondary N) is 1. The van der Waals surface area contributed by atoms with Crippen molar-refractivity contribution in [1.82, 2.24) is 14.8 Å². The van der Waals surface area contributed by atoms with Crippen LogP contribution in [-0.2, 0) is 9.84 Å². The second-order valence-corrected chi connectivity index (χ2v) is 14.5. The highest BCUT2D eigenvalue weighted by molar-refractivity contribution is 7.91. The molecule has 4 aromatic rings. The molecule has 0 saturated heterocycles. The van der Waals surface area contributed by atoms with Gasteiger partial charge in [0.2, 0.25) is 14.9 Å². The minimum Gasteiger partial charge on any atom is -0.378 e. The van der Waals surface area contributed by atoms with Crippen molar-refractivity contribution >= 4 is 42.6 Å². The van der Waals surface area contributed by atoms with E-state index in [1.54, 1.807) is 40.1 Å². The highest BCUT2D eigenvalue weighted by atomic mass is 32.2. The number of thiophene rings is 1. The summed E-state index contributed by atoms with van der Waals surface area (Å²) in [6.45, 7) is 4.95. The summed E-state index contributed by atoms with van der Waals surface area (Å²) in [5.74, 6) is 0.770. The minimum atomic E-state index is -3.78. The van der Waals surface area contributed by atoms with Crippen molar-refractivity contribution in [1.29, 1.82) is 0 Å². The topological polar surface area (TPSA) is 76.4 Å². The third kappa shape index (κ3) is 2.94. The molecule has 6 nitrogen and oxygen atoms in total. The van der Waals surface area contributed by atoms with E-state index in [1.807, 2.05) is 23.6 Å². The molecular weight excluding hydrogens is 464 g/mol. The predicted molar refractivity (Wildman–Crippen MR) is 134 cm³/mol. The van der Waals surface area contributed by atoms with Crippen LogP contribution in [0.15, 0.2) is 57.8 Å². The zero-order valence-corrected chi connectivity index (χ0v) is 21.0. The van der Waals surface area contributed by atoms with Gasteiger partial charge in [-0.15, -0.1) is 16.4 Å². The van der Waals surface area contributed by atoms with E-state index in [1.165, 1.54) is 38.5 Å². The Balaban J connectivity index is 1.38. The average Bonchev–Trinajstić information content (AvgIpc) is 3.39. The molecule has 1 N–H and O–H groups in total. The number of aromatic nitrogens is 3. The number of benzene rings is 1. The zero-order chi connectivity index (χ0) is 23.3. The summed E-state index contributed by atoms with van der Waals surface area (Å²) in [7, 11) is -3.78. The third-order valence-electron chi connectivity index (χ3n) is 8.40. The van der Waals surface area contributed by atoms with Gasteiger partial charge in [-0.25, -0.2) is 12.9 Å².